The molecule has 0 spiro atoms. The molecule has 0 saturated carbocycles. The number of ketones is 1. The van der Waals surface area contributed by atoms with Gasteiger partial charge in [0.2, 0.25) is 0 Å². The quantitative estimate of drug-likeness (QED) is 0.213. The number of alkyl halides is 3. The molecule has 0 aromatic heterocycles. The molecule has 0 aliphatic rings. The molecule has 0 N–H and O–H groups in total. The van der Waals surface area contributed by atoms with Crippen molar-refractivity contribution in [2.45, 2.75) is 12.8 Å². The minimum absolute atomic E-state index is 0.00475. The number of hydrogen-bond donors (Lipinski definition) is 0. The molecule has 0 amide bonds. The lowest BCUT2D eigenvalue weighted by Gasteiger charge is -2.13. The van der Waals surface area contributed by atoms with Gasteiger partial charge >= 0.3 is 6.18 Å². The Hall–Kier alpha value is -4.06. The fraction of sp³-hybridized carbons (Fsp3) is 0.107. The summed E-state index contributed by atoms with van der Waals surface area (Å²) < 4.78 is 49.8. The van der Waals surface area contributed by atoms with E-state index < -0.39 is 11.7 Å². The Morgan fingerprint density at radius 2 is 1.68 bits per heavy atom. The van der Waals surface area contributed by atoms with Gasteiger partial charge in [0.1, 0.15) is 18.1 Å². The minimum atomic E-state index is -4.45. The number of rotatable bonds is 7. The molecule has 0 bridgehead atoms. The van der Waals surface area contributed by atoms with Crippen molar-refractivity contribution in [1.82, 2.24) is 0 Å². The van der Waals surface area contributed by atoms with Crippen LogP contribution in [0.3, 0.4) is 0 Å². The Morgan fingerprint density at radius 1 is 0.882 bits per heavy atom. The standard InChI is InChI=1S/C28H21F3O3/c1-33-27-14-10-19(9-13-26(32)22-12-11-20-5-2-3-6-21(20)16-22)15-23(27)18-34-25-8-4-7-24(17-25)28(29,30)31/h2-17H,18H2,1H3/b13-9+. The maximum Gasteiger partial charge on any atom is 0.416 e. The molecule has 0 atom stereocenters. The van der Waals surface area contributed by atoms with Gasteiger partial charge in [-0.3, -0.25) is 4.79 Å². The first-order chi connectivity index (χ1) is 16.3. The second-order valence-corrected chi connectivity index (χ2v) is 7.65. The summed E-state index contributed by atoms with van der Waals surface area (Å²) in [6.45, 7) is 0.00475. The zero-order valence-corrected chi connectivity index (χ0v) is 18.3. The van der Waals surface area contributed by atoms with Crippen molar-refractivity contribution < 1.29 is 27.4 Å². The molecular formula is C28H21F3O3. The van der Waals surface area contributed by atoms with Gasteiger partial charge in [-0.25, -0.2) is 0 Å². The van der Waals surface area contributed by atoms with Crippen LogP contribution in [0.5, 0.6) is 11.5 Å². The molecular weight excluding hydrogens is 441 g/mol. The van der Waals surface area contributed by atoms with E-state index in [0.29, 0.717) is 16.9 Å². The van der Waals surface area contributed by atoms with E-state index in [1.165, 1.54) is 25.3 Å². The second-order valence-electron chi connectivity index (χ2n) is 7.65. The fourth-order valence-electron chi connectivity index (χ4n) is 3.55. The van der Waals surface area contributed by atoms with E-state index >= 15 is 0 Å². The van der Waals surface area contributed by atoms with Gasteiger partial charge in [-0.05, 0) is 58.8 Å². The van der Waals surface area contributed by atoms with Crippen molar-refractivity contribution in [3.63, 3.8) is 0 Å². The van der Waals surface area contributed by atoms with Gasteiger partial charge in [0.15, 0.2) is 5.78 Å². The zero-order chi connectivity index (χ0) is 24.1. The number of benzene rings is 4. The summed E-state index contributed by atoms with van der Waals surface area (Å²) in [4.78, 5) is 12.7. The number of fused-ring (bicyclic) bond motifs is 1. The lowest BCUT2D eigenvalue weighted by atomic mass is 10.0. The first-order valence-electron chi connectivity index (χ1n) is 10.5. The minimum Gasteiger partial charge on any atom is -0.496 e. The molecule has 0 aliphatic heterocycles. The number of carbonyl (C=O) groups excluding carboxylic acids is 1. The molecule has 0 radical (unpaired) electrons. The van der Waals surface area contributed by atoms with E-state index in [9.17, 15) is 18.0 Å². The molecule has 0 aliphatic carbocycles. The Kier molecular flexibility index (Phi) is 6.68. The average Bonchev–Trinajstić information content (AvgIpc) is 2.85. The number of carbonyl (C=O) groups is 1. The third-order valence-corrected chi connectivity index (χ3v) is 5.32. The molecule has 6 heteroatoms. The van der Waals surface area contributed by atoms with Gasteiger partial charge in [0.05, 0.1) is 12.7 Å². The molecule has 0 heterocycles. The summed E-state index contributed by atoms with van der Waals surface area (Å²) in [7, 11) is 1.50. The number of halogens is 3. The van der Waals surface area contributed by atoms with Crippen LogP contribution in [0.2, 0.25) is 0 Å². The van der Waals surface area contributed by atoms with Crippen LogP contribution in [0.15, 0.2) is 91.0 Å². The van der Waals surface area contributed by atoms with E-state index in [1.807, 2.05) is 36.4 Å². The van der Waals surface area contributed by atoms with Crippen LogP contribution in [0, 0.1) is 0 Å². The number of allylic oxidation sites excluding steroid dienone is 1. The largest absolute Gasteiger partial charge is 0.496 e. The smallest absolute Gasteiger partial charge is 0.416 e. The predicted molar refractivity (Wildman–Crippen MR) is 126 cm³/mol. The maximum absolute atomic E-state index is 12.9. The summed E-state index contributed by atoms with van der Waals surface area (Å²) in [5.74, 6) is 0.498. The monoisotopic (exact) mass is 462 g/mol. The topological polar surface area (TPSA) is 35.5 Å². The van der Waals surface area contributed by atoms with E-state index in [0.717, 1.165) is 28.5 Å². The van der Waals surface area contributed by atoms with Crippen LogP contribution in [0.25, 0.3) is 16.8 Å². The SMILES string of the molecule is COc1ccc(/C=C/C(=O)c2ccc3ccccc3c2)cc1COc1cccc(C(F)(F)F)c1. The highest BCUT2D eigenvalue weighted by Gasteiger charge is 2.30. The molecule has 0 saturated heterocycles. The van der Waals surface area contributed by atoms with E-state index in [2.05, 4.69) is 0 Å². The van der Waals surface area contributed by atoms with Crippen molar-refractivity contribution in [3.05, 3.63) is 113 Å². The highest BCUT2D eigenvalue weighted by Crippen LogP contribution is 2.32. The van der Waals surface area contributed by atoms with Crippen LogP contribution in [0.4, 0.5) is 13.2 Å². The van der Waals surface area contributed by atoms with Crippen molar-refractivity contribution in [2.75, 3.05) is 7.11 Å². The summed E-state index contributed by atoms with van der Waals surface area (Å²) in [5.41, 5.74) is 1.18. The van der Waals surface area contributed by atoms with Gasteiger partial charge in [0.25, 0.3) is 0 Å². The van der Waals surface area contributed by atoms with Gasteiger partial charge in [-0.1, -0.05) is 54.6 Å². The van der Waals surface area contributed by atoms with Crippen molar-refractivity contribution >= 4 is 22.6 Å². The average molecular weight is 462 g/mol. The Balaban J connectivity index is 1.50. The van der Waals surface area contributed by atoms with Crippen molar-refractivity contribution in [3.8, 4) is 11.5 Å². The molecule has 0 fully saturated rings. The second kappa shape index (κ2) is 9.83. The van der Waals surface area contributed by atoms with Crippen molar-refractivity contribution in [1.29, 1.82) is 0 Å². The summed E-state index contributed by atoms with van der Waals surface area (Å²) in [6.07, 6.45) is -1.27. The predicted octanol–water partition coefficient (Wildman–Crippen LogP) is 7.34. The molecule has 34 heavy (non-hydrogen) atoms. The van der Waals surface area contributed by atoms with Crippen LogP contribution < -0.4 is 9.47 Å². The summed E-state index contributed by atoms with van der Waals surface area (Å²) in [6, 6.07) is 23.4. The van der Waals surface area contributed by atoms with Gasteiger partial charge < -0.3 is 9.47 Å². The Morgan fingerprint density at radius 3 is 2.44 bits per heavy atom. The van der Waals surface area contributed by atoms with Crippen molar-refractivity contribution in [2.24, 2.45) is 0 Å². The molecule has 172 valence electrons. The first kappa shape index (κ1) is 23.1. The van der Waals surface area contributed by atoms with Gasteiger partial charge in [0, 0.05) is 11.1 Å². The summed E-state index contributed by atoms with van der Waals surface area (Å²) >= 11 is 0. The third kappa shape index (κ3) is 5.46. The van der Waals surface area contributed by atoms with E-state index in [-0.39, 0.29) is 18.1 Å². The number of ether oxygens (including phenoxy) is 2. The maximum atomic E-state index is 12.9. The number of hydrogen-bond acceptors (Lipinski definition) is 3. The summed E-state index contributed by atoms with van der Waals surface area (Å²) in [5, 5.41) is 2.05. The van der Waals surface area contributed by atoms with Crippen LogP contribution in [0.1, 0.15) is 27.0 Å². The van der Waals surface area contributed by atoms with Crippen LogP contribution in [-0.4, -0.2) is 12.9 Å². The van der Waals surface area contributed by atoms with E-state index in [1.54, 1.807) is 30.3 Å². The zero-order valence-electron chi connectivity index (χ0n) is 18.3. The molecule has 3 nitrogen and oxygen atoms in total. The molecule has 4 aromatic rings. The molecule has 4 rings (SSSR count). The fourth-order valence-corrected chi connectivity index (χ4v) is 3.55. The third-order valence-electron chi connectivity index (χ3n) is 5.32. The highest BCUT2D eigenvalue weighted by atomic mass is 19.4. The van der Waals surface area contributed by atoms with E-state index in [4.69, 9.17) is 9.47 Å². The van der Waals surface area contributed by atoms with Crippen LogP contribution in [-0.2, 0) is 12.8 Å². The first-order valence-corrected chi connectivity index (χ1v) is 10.5. The highest BCUT2D eigenvalue weighted by molar-refractivity contribution is 6.08. The molecule has 0 unspecified atom stereocenters. The Labute approximate surface area is 195 Å². The van der Waals surface area contributed by atoms with Gasteiger partial charge in [-0.15, -0.1) is 0 Å². The van der Waals surface area contributed by atoms with Crippen LogP contribution >= 0.6 is 0 Å². The van der Waals surface area contributed by atoms with Gasteiger partial charge in [-0.2, -0.15) is 13.2 Å². The Bertz CT molecular complexity index is 1360. The lowest BCUT2D eigenvalue weighted by Crippen LogP contribution is -2.05. The lowest BCUT2D eigenvalue weighted by molar-refractivity contribution is -0.137. The number of methoxy groups -OCH3 is 1. The molecule has 4 aromatic carbocycles. The normalized spacial score (nSPS) is 11.6.